The Hall–Kier alpha value is -2.70. The molecule has 1 aliphatic heterocycles. The molecule has 1 aliphatic rings. The summed E-state index contributed by atoms with van der Waals surface area (Å²) in [4.78, 5) is 32.1. The number of para-hydroxylation sites is 1. The molecule has 0 radical (unpaired) electrons. The van der Waals surface area contributed by atoms with Crippen LogP contribution in [0.2, 0.25) is 0 Å². The van der Waals surface area contributed by atoms with Crippen molar-refractivity contribution in [3.05, 3.63) is 40.6 Å². The Morgan fingerprint density at radius 2 is 2.08 bits per heavy atom. The van der Waals surface area contributed by atoms with Crippen LogP contribution < -0.4 is 5.69 Å². The highest BCUT2D eigenvalue weighted by Crippen LogP contribution is 2.18. The molecule has 1 unspecified atom stereocenters. The van der Waals surface area contributed by atoms with Crippen LogP contribution in [0.25, 0.3) is 16.6 Å². The Kier molecular flexibility index (Phi) is 4.22. The molecule has 0 saturated carbocycles. The van der Waals surface area contributed by atoms with Gasteiger partial charge in [-0.1, -0.05) is 19.1 Å². The van der Waals surface area contributed by atoms with Gasteiger partial charge in [-0.3, -0.25) is 4.79 Å². The van der Waals surface area contributed by atoms with Gasteiger partial charge in [0, 0.05) is 24.4 Å². The van der Waals surface area contributed by atoms with E-state index in [0.717, 1.165) is 36.7 Å². The third kappa shape index (κ3) is 2.67. The number of amides is 1. The zero-order chi connectivity index (χ0) is 18.3. The van der Waals surface area contributed by atoms with Crippen molar-refractivity contribution >= 4 is 22.5 Å². The number of carbonyl (C=O) groups excluding carboxylic acids is 1. The molecule has 0 aliphatic carbocycles. The van der Waals surface area contributed by atoms with Crippen molar-refractivity contribution in [1.82, 2.24) is 24.1 Å². The van der Waals surface area contributed by atoms with Crippen LogP contribution >= 0.6 is 0 Å². The standard InChI is InChI=1S/C19H23N5O2/c1-3-16-20-15-10-5-4-9-14(15)18-21-23(19(26)24(16)18)12-17(25)22-11-7-6-8-13(22)2/h4-5,9-10,13H,3,6-8,11-12H2,1-2H3. The molecule has 26 heavy (non-hydrogen) atoms. The Bertz CT molecular complexity index is 1040. The fourth-order valence-electron chi connectivity index (χ4n) is 3.79. The van der Waals surface area contributed by atoms with Gasteiger partial charge in [-0.05, 0) is 38.3 Å². The number of rotatable bonds is 3. The van der Waals surface area contributed by atoms with E-state index in [-0.39, 0.29) is 24.2 Å². The molecule has 3 aromatic rings. The van der Waals surface area contributed by atoms with Crippen LogP contribution in [-0.4, -0.2) is 42.6 Å². The third-order valence-electron chi connectivity index (χ3n) is 5.22. The van der Waals surface area contributed by atoms with Crippen molar-refractivity contribution < 1.29 is 4.79 Å². The van der Waals surface area contributed by atoms with E-state index in [1.165, 1.54) is 9.08 Å². The maximum atomic E-state index is 12.9. The molecule has 1 aromatic carbocycles. The molecule has 4 rings (SSSR count). The molecule has 136 valence electrons. The quantitative estimate of drug-likeness (QED) is 0.722. The van der Waals surface area contributed by atoms with Gasteiger partial charge in [-0.15, -0.1) is 5.10 Å². The number of benzene rings is 1. The lowest BCUT2D eigenvalue weighted by Gasteiger charge is -2.33. The molecule has 1 atom stereocenters. The van der Waals surface area contributed by atoms with Gasteiger partial charge in [0.15, 0.2) is 5.65 Å². The number of likely N-dealkylation sites (tertiary alicyclic amines) is 1. The summed E-state index contributed by atoms with van der Waals surface area (Å²) >= 11 is 0. The minimum atomic E-state index is -0.298. The number of hydrogen-bond donors (Lipinski definition) is 0. The van der Waals surface area contributed by atoms with Gasteiger partial charge in [0.25, 0.3) is 0 Å². The minimum absolute atomic E-state index is 0.0255. The highest BCUT2D eigenvalue weighted by atomic mass is 16.2. The van der Waals surface area contributed by atoms with Gasteiger partial charge < -0.3 is 4.90 Å². The van der Waals surface area contributed by atoms with Gasteiger partial charge in [-0.25, -0.2) is 18.9 Å². The summed E-state index contributed by atoms with van der Waals surface area (Å²) in [5, 5.41) is 5.31. The lowest BCUT2D eigenvalue weighted by atomic mass is 10.0. The van der Waals surface area contributed by atoms with Gasteiger partial charge in [0.1, 0.15) is 12.4 Å². The second kappa shape index (κ2) is 6.55. The Balaban J connectivity index is 1.79. The topological polar surface area (TPSA) is 72.5 Å². The molecule has 1 amide bonds. The van der Waals surface area contributed by atoms with Crippen LogP contribution in [0.4, 0.5) is 0 Å². The smallest absolute Gasteiger partial charge is 0.338 e. The summed E-state index contributed by atoms with van der Waals surface area (Å²) in [5.74, 6) is 0.617. The highest BCUT2D eigenvalue weighted by molar-refractivity contribution is 5.91. The van der Waals surface area contributed by atoms with Crippen molar-refractivity contribution in [3.63, 3.8) is 0 Å². The molecule has 7 heteroatoms. The zero-order valence-electron chi connectivity index (χ0n) is 15.2. The van der Waals surface area contributed by atoms with E-state index in [4.69, 9.17) is 0 Å². The summed E-state index contributed by atoms with van der Waals surface area (Å²) < 4.78 is 2.82. The second-order valence-corrected chi connectivity index (χ2v) is 6.93. The van der Waals surface area contributed by atoms with E-state index in [1.54, 1.807) is 0 Å². The molecule has 0 bridgehead atoms. The van der Waals surface area contributed by atoms with Crippen molar-refractivity contribution in [2.75, 3.05) is 6.54 Å². The monoisotopic (exact) mass is 353 g/mol. The summed E-state index contributed by atoms with van der Waals surface area (Å²) in [6.45, 7) is 4.76. The Morgan fingerprint density at radius 3 is 2.85 bits per heavy atom. The van der Waals surface area contributed by atoms with E-state index in [2.05, 4.69) is 17.0 Å². The van der Waals surface area contributed by atoms with Crippen molar-refractivity contribution in [2.24, 2.45) is 0 Å². The average Bonchev–Trinajstić information content (AvgIpc) is 2.98. The number of carbonyl (C=O) groups is 1. The van der Waals surface area contributed by atoms with Crippen molar-refractivity contribution in [1.29, 1.82) is 0 Å². The van der Waals surface area contributed by atoms with Crippen LogP contribution in [0.5, 0.6) is 0 Å². The number of hydrogen-bond acceptors (Lipinski definition) is 4. The lowest BCUT2D eigenvalue weighted by Crippen LogP contribution is -2.44. The molecule has 1 fully saturated rings. The van der Waals surface area contributed by atoms with Gasteiger partial charge in [0.05, 0.1) is 5.52 Å². The van der Waals surface area contributed by atoms with E-state index >= 15 is 0 Å². The van der Waals surface area contributed by atoms with E-state index in [1.807, 2.05) is 36.1 Å². The van der Waals surface area contributed by atoms with Gasteiger partial charge >= 0.3 is 5.69 Å². The van der Waals surface area contributed by atoms with Crippen molar-refractivity contribution in [3.8, 4) is 0 Å². The first-order chi connectivity index (χ1) is 12.6. The first kappa shape index (κ1) is 16.8. The SMILES string of the molecule is CCc1nc2ccccc2c2nn(CC(=O)N3CCCCC3C)c(=O)n12. The Morgan fingerprint density at radius 1 is 1.27 bits per heavy atom. The van der Waals surface area contributed by atoms with Gasteiger partial charge in [-0.2, -0.15) is 0 Å². The normalized spacial score (nSPS) is 17.9. The summed E-state index contributed by atoms with van der Waals surface area (Å²) in [6, 6.07) is 7.86. The predicted octanol–water partition coefficient (Wildman–Crippen LogP) is 2.01. The first-order valence-corrected chi connectivity index (χ1v) is 9.26. The van der Waals surface area contributed by atoms with Crippen LogP contribution in [0.3, 0.4) is 0 Å². The fraction of sp³-hybridized carbons (Fsp3) is 0.474. The number of nitrogens with zero attached hydrogens (tertiary/aromatic N) is 5. The zero-order valence-corrected chi connectivity index (χ0v) is 15.2. The first-order valence-electron chi connectivity index (χ1n) is 9.26. The highest BCUT2D eigenvalue weighted by Gasteiger charge is 2.25. The molecule has 2 aromatic heterocycles. The molecule has 0 spiro atoms. The average molecular weight is 353 g/mol. The van der Waals surface area contributed by atoms with Crippen LogP contribution in [0.15, 0.2) is 29.1 Å². The largest absolute Gasteiger partial charge is 0.352 e. The second-order valence-electron chi connectivity index (χ2n) is 6.93. The maximum Gasteiger partial charge on any atom is 0.352 e. The molecule has 7 nitrogen and oxygen atoms in total. The number of aryl methyl sites for hydroxylation is 1. The molecule has 3 heterocycles. The molecule has 0 N–H and O–H groups in total. The predicted molar refractivity (Wildman–Crippen MR) is 99.2 cm³/mol. The van der Waals surface area contributed by atoms with Crippen LogP contribution in [-0.2, 0) is 17.8 Å². The number of piperidine rings is 1. The molecule has 1 saturated heterocycles. The van der Waals surface area contributed by atoms with Gasteiger partial charge in [0.2, 0.25) is 5.91 Å². The summed E-state index contributed by atoms with van der Waals surface area (Å²) in [6.07, 6.45) is 3.80. The van der Waals surface area contributed by atoms with E-state index in [0.29, 0.717) is 17.9 Å². The molecular weight excluding hydrogens is 330 g/mol. The third-order valence-corrected chi connectivity index (χ3v) is 5.22. The minimum Gasteiger partial charge on any atom is -0.338 e. The number of aromatic nitrogens is 4. The van der Waals surface area contributed by atoms with Crippen LogP contribution in [0.1, 0.15) is 38.9 Å². The Labute approximate surface area is 151 Å². The maximum absolute atomic E-state index is 12.9. The summed E-state index contributed by atoms with van der Waals surface area (Å²) in [7, 11) is 0. The van der Waals surface area contributed by atoms with Crippen molar-refractivity contribution in [2.45, 2.75) is 52.1 Å². The fourth-order valence-corrected chi connectivity index (χ4v) is 3.79. The van der Waals surface area contributed by atoms with Crippen LogP contribution in [0, 0.1) is 0 Å². The molecular formula is C19H23N5O2. The summed E-state index contributed by atoms with van der Waals surface area (Å²) in [5.41, 5.74) is 1.08. The number of fused-ring (bicyclic) bond motifs is 3. The lowest BCUT2D eigenvalue weighted by molar-refractivity contribution is -0.135. The van der Waals surface area contributed by atoms with E-state index < -0.39 is 0 Å². The van der Waals surface area contributed by atoms with E-state index in [9.17, 15) is 9.59 Å².